The molecule has 3 N–H and O–H groups in total. The van der Waals surface area contributed by atoms with E-state index in [2.05, 4.69) is 15.2 Å². The normalized spacial score (nSPS) is 17.2. The zero-order valence-electron chi connectivity index (χ0n) is 13.9. The van der Waals surface area contributed by atoms with Crippen LogP contribution >= 0.6 is 11.6 Å². The summed E-state index contributed by atoms with van der Waals surface area (Å²) in [6.45, 7) is 4.11. The predicted octanol–water partition coefficient (Wildman–Crippen LogP) is 0.374. The van der Waals surface area contributed by atoms with Crippen LogP contribution in [0.4, 0.5) is 5.69 Å². The molecule has 0 unspecified atom stereocenters. The smallest absolute Gasteiger partial charge is 0.308 e. The van der Waals surface area contributed by atoms with Crippen molar-refractivity contribution in [1.29, 1.82) is 0 Å². The first-order chi connectivity index (χ1) is 12.0. The summed E-state index contributed by atoms with van der Waals surface area (Å²) in [5.74, 6) is -2.12. The van der Waals surface area contributed by atoms with E-state index in [0.29, 0.717) is 23.9 Å². The largest absolute Gasteiger partial charge is 0.481 e. The van der Waals surface area contributed by atoms with Crippen molar-refractivity contribution in [2.45, 2.75) is 6.42 Å². The second kappa shape index (κ2) is 9.67. The molecule has 2 heterocycles. The molecule has 1 saturated heterocycles. The molecule has 25 heavy (non-hydrogen) atoms. The van der Waals surface area contributed by atoms with Crippen LogP contribution in [-0.2, 0) is 9.59 Å². The third-order valence-electron chi connectivity index (χ3n) is 4.15. The molecule has 8 nitrogen and oxygen atoms in total. The number of hydrogen-bond donors (Lipinski definition) is 3. The second-order valence-corrected chi connectivity index (χ2v) is 6.41. The lowest BCUT2D eigenvalue weighted by Crippen LogP contribution is -2.49. The van der Waals surface area contributed by atoms with Gasteiger partial charge in [0.05, 0.1) is 24.4 Å². The van der Waals surface area contributed by atoms with Crippen LogP contribution < -0.4 is 5.32 Å². The number of β-amino-alcohol motifs (C(OH)–C–C–N with tert-alkyl or cyclic N) is 1. The highest BCUT2D eigenvalue weighted by molar-refractivity contribution is 6.29. The highest BCUT2D eigenvalue weighted by Gasteiger charge is 2.26. The molecule has 2 rings (SSSR count). The Hall–Kier alpha value is -1.74. The fourth-order valence-electron chi connectivity index (χ4n) is 2.76. The number of carboxylic acid groups (broad SMARTS) is 1. The number of piperazine rings is 1. The molecule has 0 aliphatic carbocycles. The molecular formula is C16H23ClN4O4. The van der Waals surface area contributed by atoms with Gasteiger partial charge in [0.2, 0.25) is 5.91 Å². The lowest BCUT2D eigenvalue weighted by atomic mass is 10.0. The van der Waals surface area contributed by atoms with Crippen molar-refractivity contribution in [2.75, 3.05) is 51.2 Å². The first-order valence-electron chi connectivity index (χ1n) is 8.17. The fourth-order valence-corrected chi connectivity index (χ4v) is 2.88. The summed E-state index contributed by atoms with van der Waals surface area (Å²) < 4.78 is 0. The van der Waals surface area contributed by atoms with Crippen molar-refractivity contribution in [3.8, 4) is 0 Å². The van der Waals surface area contributed by atoms with Gasteiger partial charge in [0, 0.05) is 45.7 Å². The van der Waals surface area contributed by atoms with Crippen molar-refractivity contribution in [2.24, 2.45) is 5.92 Å². The Morgan fingerprint density at radius 1 is 1.24 bits per heavy atom. The van der Waals surface area contributed by atoms with Gasteiger partial charge in [0.25, 0.3) is 0 Å². The Balaban J connectivity index is 1.83. The summed E-state index contributed by atoms with van der Waals surface area (Å²) in [7, 11) is 0. The van der Waals surface area contributed by atoms with Crippen molar-refractivity contribution in [3.05, 3.63) is 23.5 Å². The Bertz CT molecular complexity index is 576. The Morgan fingerprint density at radius 2 is 1.92 bits per heavy atom. The molecule has 0 saturated carbocycles. The molecule has 1 fully saturated rings. The van der Waals surface area contributed by atoms with E-state index >= 15 is 0 Å². The molecule has 9 heteroatoms. The molecule has 1 aliphatic heterocycles. The molecule has 1 amide bonds. The van der Waals surface area contributed by atoms with E-state index < -0.39 is 11.9 Å². The quantitative estimate of drug-likeness (QED) is 0.568. The molecule has 138 valence electrons. The topological polar surface area (TPSA) is 106 Å². The number of pyridine rings is 1. The molecule has 0 spiro atoms. The number of carboxylic acids is 1. The van der Waals surface area contributed by atoms with E-state index in [1.54, 1.807) is 12.1 Å². The first kappa shape index (κ1) is 19.6. The minimum absolute atomic E-state index is 0.102. The summed E-state index contributed by atoms with van der Waals surface area (Å²) in [5.41, 5.74) is 0.483. The van der Waals surface area contributed by atoms with Crippen LogP contribution in [0.5, 0.6) is 0 Å². The summed E-state index contributed by atoms with van der Waals surface area (Å²) >= 11 is 5.69. The van der Waals surface area contributed by atoms with E-state index in [1.807, 2.05) is 4.90 Å². The van der Waals surface area contributed by atoms with E-state index in [9.17, 15) is 14.7 Å². The summed E-state index contributed by atoms with van der Waals surface area (Å²) in [6.07, 6.45) is 1.32. The van der Waals surface area contributed by atoms with Gasteiger partial charge in [-0.3, -0.25) is 19.4 Å². The lowest BCUT2D eigenvalue weighted by molar-refractivity contribution is -0.144. The van der Waals surface area contributed by atoms with Gasteiger partial charge in [-0.05, 0) is 12.1 Å². The summed E-state index contributed by atoms with van der Waals surface area (Å²) in [4.78, 5) is 31.6. The number of nitrogens with zero attached hydrogens (tertiary/aromatic N) is 3. The monoisotopic (exact) mass is 370 g/mol. The number of carbonyl (C=O) groups excluding carboxylic acids is 1. The van der Waals surface area contributed by atoms with Gasteiger partial charge < -0.3 is 15.5 Å². The van der Waals surface area contributed by atoms with Crippen LogP contribution in [0.1, 0.15) is 6.42 Å². The number of nitrogens with one attached hydrogen (secondary N) is 1. The molecule has 0 bridgehead atoms. The minimum Gasteiger partial charge on any atom is -0.481 e. The zero-order valence-corrected chi connectivity index (χ0v) is 14.7. The average Bonchev–Trinajstić information content (AvgIpc) is 2.58. The van der Waals surface area contributed by atoms with Gasteiger partial charge in [0.1, 0.15) is 5.15 Å². The molecule has 1 aromatic heterocycles. The minimum atomic E-state index is -0.984. The SMILES string of the molecule is O=C(C[C@@H](CN1CCN(CCO)CC1)C(=O)O)Nc1ccc(Cl)nc1. The van der Waals surface area contributed by atoms with Crippen molar-refractivity contribution >= 4 is 29.2 Å². The number of rotatable bonds is 8. The molecular weight excluding hydrogens is 348 g/mol. The van der Waals surface area contributed by atoms with Crippen LogP contribution in [0.25, 0.3) is 0 Å². The van der Waals surface area contributed by atoms with Crippen LogP contribution in [-0.4, -0.2) is 82.7 Å². The van der Waals surface area contributed by atoms with Crippen LogP contribution in [0.15, 0.2) is 18.3 Å². The predicted molar refractivity (Wildman–Crippen MR) is 93.6 cm³/mol. The van der Waals surface area contributed by atoms with Gasteiger partial charge in [-0.15, -0.1) is 0 Å². The number of halogens is 1. The Labute approximate surface area is 151 Å². The maximum absolute atomic E-state index is 12.1. The van der Waals surface area contributed by atoms with Gasteiger partial charge in [-0.25, -0.2) is 4.98 Å². The number of aliphatic carboxylic acids is 1. The zero-order chi connectivity index (χ0) is 18.2. The third-order valence-corrected chi connectivity index (χ3v) is 4.38. The third kappa shape index (κ3) is 6.58. The maximum Gasteiger partial charge on any atom is 0.308 e. The molecule has 0 aromatic carbocycles. The fraction of sp³-hybridized carbons (Fsp3) is 0.562. The van der Waals surface area contributed by atoms with E-state index in [-0.39, 0.29) is 18.9 Å². The van der Waals surface area contributed by atoms with E-state index in [0.717, 1.165) is 26.2 Å². The van der Waals surface area contributed by atoms with Crippen LogP contribution in [0.2, 0.25) is 5.15 Å². The number of aromatic nitrogens is 1. The van der Waals surface area contributed by atoms with Crippen molar-refractivity contribution in [1.82, 2.24) is 14.8 Å². The van der Waals surface area contributed by atoms with E-state index in [4.69, 9.17) is 16.7 Å². The summed E-state index contributed by atoms with van der Waals surface area (Å²) in [6, 6.07) is 3.17. The average molecular weight is 371 g/mol. The Kier molecular flexibility index (Phi) is 7.57. The highest BCUT2D eigenvalue weighted by atomic mass is 35.5. The van der Waals surface area contributed by atoms with E-state index in [1.165, 1.54) is 6.20 Å². The van der Waals surface area contributed by atoms with Gasteiger partial charge >= 0.3 is 5.97 Å². The highest BCUT2D eigenvalue weighted by Crippen LogP contribution is 2.13. The molecule has 1 atom stereocenters. The molecule has 1 aliphatic rings. The van der Waals surface area contributed by atoms with Crippen LogP contribution in [0, 0.1) is 5.92 Å². The van der Waals surface area contributed by atoms with Gasteiger partial charge in [-0.2, -0.15) is 0 Å². The van der Waals surface area contributed by atoms with Crippen LogP contribution in [0.3, 0.4) is 0 Å². The number of carbonyl (C=O) groups is 2. The summed E-state index contributed by atoms with van der Waals surface area (Å²) in [5, 5.41) is 21.3. The number of hydrogen-bond acceptors (Lipinski definition) is 6. The second-order valence-electron chi connectivity index (χ2n) is 6.02. The maximum atomic E-state index is 12.1. The van der Waals surface area contributed by atoms with Gasteiger partial charge in [0.15, 0.2) is 0 Å². The lowest BCUT2D eigenvalue weighted by Gasteiger charge is -2.35. The first-order valence-corrected chi connectivity index (χ1v) is 8.55. The van der Waals surface area contributed by atoms with Crippen molar-refractivity contribution in [3.63, 3.8) is 0 Å². The van der Waals surface area contributed by atoms with Gasteiger partial charge in [-0.1, -0.05) is 11.6 Å². The Morgan fingerprint density at radius 3 is 2.48 bits per heavy atom. The molecule has 1 aromatic rings. The number of amides is 1. The number of aliphatic hydroxyl groups excluding tert-OH is 1. The standard InChI is InChI=1S/C16H23ClN4O4/c17-14-2-1-13(10-18-14)19-15(23)9-12(16(24)25)11-21-5-3-20(4-6-21)7-8-22/h1-2,10,12,22H,3-9,11H2,(H,19,23)(H,24,25)/t12-/m0/s1. The van der Waals surface area contributed by atoms with Crippen molar-refractivity contribution < 1.29 is 19.8 Å². The molecule has 0 radical (unpaired) electrons. The number of anilines is 1. The number of aliphatic hydroxyl groups is 1.